The zero-order chi connectivity index (χ0) is 21.0. The maximum Gasteiger partial charge on any atom is 0.410 e. The number of hydrogen-bond donors (Lipinski definition) is 0. The average Bonchev–Trinajstić information content (AvgIpc) is 3.17. The van der Waals surface area contributed by atoms with Crippen LogP contribution in [0.3, 0.4) is 0 Å². The van der Waals surface area contributed by atoms with E-state index in [0.717, 1.165) is 29.9 Å². The van der Waals surface area contributed by atoms with Crippen molar-refractivity contribution in [2.75, 3.05) is 19.7 Å². The van der Waals surface area contributed by atoms with Gasteiger partial charge in [0.05, 0.1) is 18.7 Å². The molecule has 1 aromatic carbocycles. The zero-order valence-electron chi connectivity index (χ0n) is 18.1. The van der Waals surface area contributed by atoms with Crippen molar-refractivity contribution in [1.29, 1.82) is 0 Å². The molecule has 1 amide bonds. The van der Waals surface area contributed by atoms with Crippen molar-refractivity contribution in [1.82, 2.24) is 9.88 Å². The summed E-state index contributed by atoms with van der Waals surface area (Å²) in [4.78, 5) is 18.9. The van der Waals surface area contributed by atoms with Crippen molar-refractivity contribution in [3.05, 3.63) is 36.4 Å². The minimum atomic E-state index is -0.502. The standard InChI is InChI=1S/C23H32N2O4/c1-6-16-12-13-25(22(26)29-23(3,4)5)15-19(16)21-24-14-20(28-21)17-8-10-18(11-9-17)27-7-2/h8-11,14,16,19H,6-7,12-13,15H2,1-5H3. The third-order valence-electron chi connectivity index (χ3n) is 5.22. The lowest BCUT2D eigenvalue weighted by Gasteiger charge is -2.37. The first kappa shape index (κ1) is 21.2. The molecule has 0 aliphatic carbocycles. The number of aromatic nitrogens is 1. The summed E-state index contributed by atoms with van der Waals surface area (Å²) in [6, 6.07) is 7.81. The van der Waals surface area contributed by atoms with Gasteiger partial charge in [-0.3, -0.25) is 0 Å². The molecule has 0 saturated carbocycles. The molecule has 29 heavy (non-hydrogen) atoms. The second-order valence-electron chi connectivity index (χ2n) is 8.51. The molecule has 6 heteroatoms. The molecule has 2 unspecified atom stereocenters. The van der Waals surface area contributed by atoms with Gasteiger partial charge in [-0.15, -0.1) is 0 Å². The molecule has 158 valence electrons. The molecule has 0 spiro atoms. The molecule has 1 aliphatic heterocycles. The molecular weight excluding hydrogens is 368 g/mol. The molecule has 0 radical (unpaired) electrons. The van der Waals surface area contributed by atoms with E-state index in [1.165, 1.54) is 0 Å². The number of likely N-dealkylation sites (tertiary alicyclic amines) is 1. The number of oxazole rings is 1. The lowest BCUT2D eigenvalue weighted by molar-refractivity contribution is 0.0142. The third kappa shape index (κ3) is 5.31. The minimum Gasteiger partial charge on any atom is -0.494 e. The molecule has 0 bridgehead atoms. The number of benzene rings is 1. The van der Waals surface area contributed by atoms with Crippen LogP contribution in [0.4, 0.5) is 4.79 Å². The van der Waals surface area contributed by atoms with E-state index < -0.39 is 5.60 Å². The Morgan fingerprint density at radius 2 is 1.97 bits per heavy atom. The van der Waals surface area contributed by atoms with E-state index in [2.05, 4.69) is 11.9 Å². The van der Waals surface area contributed by atoms with Gasteiger partial charge >= 0.3 is 6.09 Å². The van der Waals surface area contributed by atoms with E-state index in [4.69, 9.17) is 13.9 Å². The van der Waals surface area contributed by atoms with Crippen LogP contribution >= 0.6 is 0 Å². The number of nitrogens with zero attached hydrogens (tertiary/aromatic N) is 2. The Morgan fingerprint density at radius 1 is 1.24 bits per heavy atom. The van der Waals surface area contributed by atoms with Crippen LogP contribution in [0.1, 0.15) is 59.3 Å². The second-order valence-corrected chi connectivity index (χ2v) is 8.51. The smallest absolute Gasteiger partial charge is 0.410 e. The van der Waals surface area contributed by atoms with Gasteiger partial charge in [0.1, 0.15) is 11.4 Å². The second kappa shape index (κ2) is 8.89. The molecule has 2 atom stereocenters. The predicted molar refractivity (Wildman–Crippen MR) is 112 cm³/mol. The Bertz CT molecular complexity index is 807. The number of rotatable bonds is 5. The molecule has 3 rings (SSSR count). The summed E-state index contributed by atoms with van der Waals surface area (Å²) < 4.78 is 17.2. The quantitative estimate of drug-likeness (QED) is 0.664. The van der Waals surface area contributed by atoms with E-state index in [1.54, 1.807) is 11.1 Å². The first-order valence-electron chi connectivity index (χ1n) is 10.5. The summed E-state index contributed by atoms with van der Waals surface area (Å²) >= 11 is 0. The van der Waals surface area contributed by atoms with E-state index in [-0.39, 0.29) is 12.0 Å². The fourth-order valence-corrected chi connectivity index (χ4v) is 3.74. The van der Waals surface area contributed by atoms with Gasteiger partial charge in [0, 0.05) is 18.7 Å². The normalized spacial score (nSPS) is 19.8. The van der Waals surface area contributed by atoms with E-state index in [1.807, 2.05) is 52.0 Å². The number of carbonyl (C=O) groups is 1. The zero-order valence-corrected chi connectivity index (χ0v) is 18.1. The first-order chi connectivity index (χ1) is 13.8. The van der Waals surface area contributed by atoms with Gasteiger partial charge in [-0.05, 0) is 64.3 Å². The Kier molecular flexibility index (Phi) is 6.50. The van der Waals surface area contributed by atoms with E-state index in [9.17, 15) is 4.79 Å². The van der Waals surface area contributed by atoms with Crippen molar-refractivity contribution >= 4 is 6.09 Å². The first-order valence-corrected chi connectivity index (χ1v) is 10.5. The van der Waals surface area contributed by atoms with Crippen LogP contribution in [0.5, 0.6) is 5.75 Å². The van der Waals surface area contributed by atoms with Crippen LogP contribution in [-0.2, 0) is 4.74 Å². The lowest BCUT2D eigenvalue weighted by Crippen LogP contribution is -2.45. The summed E-state index contributed by atoms with van der Waals surface area (Å²) in [5.74, 6) is 2.75. The number of carbonyl (C=O) groups excluding carboxylic acids is 1. The summed E-state index contributed by atoms with van der Waals surface area (Å²) in [6.45, 7) is 11.7. The maximum atomic E-state index is 12.5. The molecule has 1 saturated heterocycles. The fourth-order valence-electron chi connectivity index (χ4n) is 3.74. The summed E-state index contributed by atoms with van der Waals surface area (Å²) in [6.07, 6.45) is 3.44. The molecule has 1 aromatic heterocycles. The fraction of sp³-hybridized carbons (Fsp3) is 0.565. The van der Waals surface area contributed by atoms with Gasteiger partial charge in [-0.2, -0.15) is 0 Å². The number of ether oxygens (including phenoxy) is 2. The minimum absolute atomic E-state index is 0.0673. The molecule has 2 aromatic rings. The van der Waals surface area contributed by atoms with Crippen molar-refractivity contribution in [3.8, 4) is 17.1 Å². The third-order valence-corrected chi connectivity index (χ3v) is 5.22. The number of hydrogen-bond acceptors (Lipinski definition) is 5. The SMILES string of the molecule is CCOc1ccc(-c2cnc(C3CN(C(=O)OC(C)(C)C)CCC3CC)o2)cc1. The van der Waals surface area contributed by atoms with Gasteiger partial charge in [0.2, 0.25) is 0 Å². The number of amides is 1. The monoisotopic (exact) mass is 400 g/mol. The van der Waals surface area contributed by atoms with Crippen molar-refractivity contribution < 1.29 is 18.7 Å². The summed E-state index contributed by atoms with van der Waals surface area (Å²) in [5.41, 5.74) is 0.456. The highest BCUT2D eigenvalue weighted by Gasteiger charge is 2.36. The van der Waals surface area contributed by atoms with Crippen LogP contribution in [-0.4, -0.2) is 41.3 Å². The highest BCUT2D eigenvalue weighted by Crippen LogP contribution is 2.36. The van der Waals surface area contributed by atoms with Crippen LogP contribution in [0.25, 0.3) is 11.3 Å². The molecular formula is C23H32N2O4. The van der Waals surface area contributed by atoms with Gasteiger partial charge in [0.25, 0.3) is 0 Å². The Labute approximate surface area is 173 Å². The van der Waals surface area contributed by atoms with E-state index >= 15 is 0 Å². The molecule has 1 aliphatic rings. The van der Waals surface area contributed by atoms with Crippen LogP contribution in [0.2, 0.25) is 0 Å². The Morgan fingerprint density at radius 3 is 2.59 bits per heavy atom. The van der Waals surface area contributed by atoms with Gasteiger partial charge in [-0.1, -0.05) is 13.3 Å². The van der Waals surface area contributed by atoms with Crippen LogP contribution < -0.4 is 4.74 Å². The van der Waals surface area contributed by atoms with Crippen LogP contribution in [0, 0.1) is 5.92 Å². The highest BCUT2D eigenvalue weighted by atomic mass is 16.6. The largest absolute Gasteiger partial charge is 0.494 e. The lowest BCUT2D eigenvalue weighted by atomic mass is 9.83. The molecule has 2 heterocycles. The Hall–Kier alpha value is -2.50. The Balaban J connectivity index is 1.76. The average molecular weight is 401 g/mol. The summed E-state index contributed by atoms with van der Waals surface area (Å²) in [5, 5.41) is 0. The molecule has 1 fully saturated rings. The van der Waals surface area contributed by atoms with Gasteiger partial charge in [0.15, 0.2) is 11.7 Å². The summed E-state index contributed by atoms with van der Waals surface area (Å²) in [7, 11) is 0. The van der Waals surface area contributed by atoms with Crippen LogP contribution in [0.15, 0.2) is 34.9 Å². The van der Waals surface area contributed by atoms with Crippen molar-refractivity contribution in [2.45, 2.75) is 59.0 Å². The predicted octanol–water partition coefficient (Wildman–Crippen LogP) is 5.49. The highest BCUT2D eigenvalue weighted by molar-refractivity contribution is 5.68. The van der Waals surface area contributed by atoms with Gasteiger partial charge < -0.3 is 18.8 Å². The molecule has 0 N–H and O–H groups in total. The molecule has 6 nitrogen and oxygen atoms in total. The number of piperidine rings is 1. The van der Waals surface area contributed by atoms with Gasteiger partial charge in [-0.25, -0.2) is 9.78 Å². The van der Waals surface area contributed by atoms with E-state index in [0.29, 0.717) is 31.5 Å². The topological polar surface area (TPSA) is 64.8 Å². The maximum absolute atomic E-state index is 12.5. The van der Waals surface area contributed by atoms with Crippen molar-refractivity contribution in [3.63, 3.8) is 0 Å². The van der Waals surface area contributed by atoms with Crippen molar-refractivity contribution in [2.24, 2.45) is 5.92 Å².